The molecule has 0 bridgehead atoms. The number of para-hydroxylation sites is 1. The van der Waals surface area contributed by atoms with Crippen LogP contribution in [0.2, 0.25) is 0 Å². The number of rotatable bonds is 6. The molecule has 0 N–H and O–H groups in total. The van der Waals surface area contributed by atoms with Gasteiger partial charge in [-0.25, -0.2) is 9.97 Å². The van der Waals surface area contributed by atoms with Crippen molar-refractivity contribution in [2.24, 2.45) is 0 Å². The lowest BCUT2D eigenvalue weighted by Crippen LogP contribution is -2.02. The Bertz CT molecular complexity index is 2720. The maximum absolute atomic E-state index is 6.94. The van der Waals surface area contributed by atoms with Crippen LogP contribution in [0.25, 0.3) is 89.2 Å². The number of fused-ring (bicyclic) bond motifs is 2. The highest BCUT2D eigenvalue weighted by atomic mass is 16.5. The van der Waals surface area contributed by atoms with Gasteiger partial charge in [0.25, 0.3) is 0 Å². The highest BCUT2D eigenvalue weighted by Gasteiger charge is 2.26. The van der Waals surface area contributed by atoms with E-state index in [9.17, 15) is 0 Å². The Hall–Kier alpha value is -7.10. The third-order valence-electron chi connectivity index (χ3n) is 10.1. The monoisotopic (exact) mass is 676 g/mol. The number of aromatic nitrogens is 2. The minimum atomic E-state index is 0.656. The second kappa shape index (κ2) is 12.9. The normalized spacial score (nSPS) is 11.5. The van der Waals surface area contributed by atoms with E-state index in [1.807, 2.05) is 12.1 Å². The zero-order chi connectivity index (χ0) is 35.1. The molecule has 0 unspecified atom stereocenters. The third kappa shape index (κ3) is 5.47. The molecule has 0 saturated heterocycles. The Labute approximate surface area is 308 Å². The first kappa shape index (κ1) is 30.7. The number of hydrogen-bond donors (Lipinski definition) is 0. The fourth-order valence-electron chi connectivity index (χ4n) is 7.62. The predicted octanol–water partition coefficient (Wildman–Crippen LogP) is 13.4. The molecule has 53 heavy (non-hydrogen) atoms. The van der Waals surface area contributed by atoms with Crippen LogP contribution in [0.5, 0.6) is 11.5 Å². The van der Waals surface area contributed by atoms with Crippen molar-refractivity contribution in [1.82, 2.24) is 9.97 Å². The Balaban J connectivity index is 1.31. The first-order chi connectivity index (χ1) is 26.3. The van der Waals surface area contributed by atoms with Gasteiger partial charge in [-0.05, 0) is 57.5 Å². The largest absolute Gasteiger partial charge is 0.455 e. The van der Waals surface area contributed by atoms with Gasteiger partial charge in [-0.1, -0.05) is 170 Å². The van der Waals surface area contributed by atoms with Crippen molar-refractivity contribution in [2.75, 3.05) is 0 Å². The smallest absolute Gasteiger partial charge is 0.161 e. The summed E-state index contributed by atoms with van der Waals surface area (Å²) in [6.45, 7) is 0. The third-order valence-corrected chi connectivity index (χ3v) is 10.1. The summed E-state index contributed by atoms with van der Waals surface area (Å²) in [4.78, 5) is 10.7. The summed E-state index contributed by atoms with van der Waals surface area (Å²) in [5, 5.41) is 2.31. The Morgan fingerprint density at radius 1 is 0.340 bits per heavy atom. The molecule has 1 aliphatic heterocycles. The molecule has 0 fully saturated rings. The van der Waals surface area contributed by atoms with Crippen LogP contribution in [0, 0.1) is 0 Å². The van der Waals surface area contributed by atoms with Gasteiger partial charge in [-0.2, -0.15) is 0 Å². The quantitative estimate of drug-likeness (QED) is 0.176. The van der Waals surface area contributed by atoms with Crippen molar-refractivity contribution in [1.29, 1.82) is 0 Å². The molecule has 3 heteroatoms. The molecule has 248 valence electrons. The molecule has 8 aromatic carbocycles. The van der Waals surface area contributed by atoms with Gasteiger partial charge in [0.15, 0.2) is 5.82 Å². The molecule has 0 radical (unpaired) electrons. The summed E-state index contributed by atoms with van der Waals surface area (Å²) in [5.74, 6) is 2.37. The first-order valence-electron chi connectivity index (χ1n) is 17.9. The van der Waals surface area contributed by atoms with Gasteiger partial charge in [0.2, 0.25) is 0 Å². The Morgan fingerprint density at radius 3 is 1.45 bits per heavy atom. The summed E-state index contributed by atoms with van der Waals surface area (Å²) < 4.78 is 6.94. The molecule has 0 aliphatic carbocycles. The molecule has 0 atom stereocenters. The van der Waals surface area contributed by atoms with E-state index in [1.54, 1.807) is 0 Å². The molecule has 1 aliphatic rings. The maximum atomic E-state index is 6.94. The van der Waals surface area contributed by atoms with E-state index in [1.165, 1.54) is 10.9 Å². The summed E-state index contributed by atoms with van der Waals surface area (Å²) in [7, 11) is 0. The minimum Gasteiger partial charge on any atom is -0.455 e. The minimum absolute atomic E-state index is 0.656. The molecular weight excluding hydrogens is 645 g/mol. The van der Waals surface area contributed by atoms with Crippen LogP contribution in [-0.2, 0) is 0 Å². The standard InChI is InChI=1S/C50H32N2O/c1-5-16-33(17-6-1)38-30-42(41-28-15-27-40-39-26-13-24-37-25-14-29-46(48(37)39)53-49(40)41)47(36-22-11-4-12-23-36)43(31-38)50-51-44(34-18-7-2-8-19-34)32-45(52-50)35-20-9-3-10-21-35/h1-32H. The molecule has 0 saturated carbocycles. The molecule has 0 spiro atoms. The van der Waals surface area contributed by atoms with Crippen molar-refractivity contribution >= 4 is 10.8 Å². The second-order valence-electron chi connectivity index (χ2n) is 13.3. The van der Waals surface area contributed by atoms with E-state index in [4.69, 9.17) is 14.7 Å². The second-order valence-corrected chi connectivity index (χ2v) is 13.3. The highest BCUT2D eigenvalue weighted by Crippen LogP contribution is 2.53. The van der Waals surface area contributed by atoms with E-state index >= 15 is 0 Å². The van der Waals surface area contributed by atoms with Crippen LogP contribution in [0.1, 0.15) is 0 Å². The molecule has 0 amide bonds. The lowest BCUT2D eigenvalue weighted by molar-refractivity contribution is 0.489. The Morgan fingerprint density at radius 2 is 0.830 bits per heavy atom. The van der Waals surface area contributed by atoms with Crippen molar-refractivity contribution < 1.29 is 4.74 Å². The van der Waals surface area contributed by atoms with Crippen molar-refractivity contribution in [3.63, 3.8) is 0 Å². The van der Waals surface area contributed by atoms with Gasteiger partial charge < -0.3 is 4.74 Å². The van der Waals surface area contributed by atoms with E-state index < -0.39 is 0 Å². The fourth-order valence-corrected chi connectivity index (χ4v) is 7.62. The van der Waals surface area contributed by atoms with Crippen LogP contribution in [0.15, 0.2) is 194 Å². The molecule has 2 heterocycles. The summed E-state index contributed by atoms with van der Waals surface area (Å²) in [5.41, 5.74) is 13.3. The van der Waals surface area contributed by atoms with Crippen LogP contribution in [0.3, 0.4) is 0 Å². The van der Waals surface area contributed by atoms with Crippen LogP contribution in [-0.4, -0.2) is 9.97 Å². The van der Waals surface area contributed by atoms with Crippen LogP contribution >= 0.6 is 0 Å². The van der Waals surface area contributed by atoms with Gasteiger partial charge in [0, 0.05) is 38.8 Å². The van der Waals surface area contributed by atoms with Crippen LogP contribution in [0.4, 0.5) is 0 Å². The highest BCUT2D eigenvalue weighted by molar-refractivity contribution is 6.07. The lowest BCUT2D eigenvalue weighted by Gasteiger charge is -2.25. The topological polar surface area (TPSA) is 35.0 Å². The van der Waals surface area contributed by atoms with Crippen molar-refractivity contribution in [3.05, 3.63) is 194 Å². The van der Waals surface area contributed by atoms with Crippen molar-refractivity contribution in [3.8, 4) is 89.9 Å². The zero-order valence-corrected chi connectivity index (χ0v) is 28.8. The van der Waals surface area contributed by atoms with Gasteiger partial charge in [-0.15, -0.1) is 0 Å². The lowest BCUT2D eigenvalue weighted by atomic mass is 9.84. The molecule has 1 aromatic heterocycles. The van der Waals surface area contributed by atoms with Crippen molar-refractivity contribution in [2.45, 2.75) is 0 Å². The molecule has 3 nitrogen and oxygen atoms in total. The zero-order valence-electron chi connectivity index (χ0n) is 28.8. The molecular formula is C50H32N2O. The van der Waals surface area contributed by atoms with Gasteiger partial charge >= 0.3 is 0 Å². The summed E-state index contributed by atoms with van der Waals surface area (Å²) >= 11 is 0. The van der Waals surface area contributed by atoms with E-state index in [0.29, 0.717) is 5.82 Å². The molecule has 10 rings (SSSR count). The predicted molar refractivity (Wildman–Crippen MR) is 218 cm³/mol. The first-order valence-corrected chi connectivity index (χ1v) is 17.9. The van der Waals surface area contributed by atoms with E-state index in [0.717, 1.165) is 83.9 Å². The van der Waals surface area contributed by atoms with Crippen LogP contribution < -0.4 is 4.74 Å². The molecule has 9 aromatic rings. The average Bonchev–Trinajstić information content (AvgIpc) is 3.24. The number of ether oxygens (including phenoxy) is 1. The van der Waals surface area contributed by atoms with E-state index in [2.05, 4.69) is 182 Å². The number of hydrogen-bond acceptors (Lipinski definition) is 3. The van der Waals surface area contributed by atoms with Gasteiger partial charge in [0.1, 0.15) is 11.5 Å². The van der Waals surface area contributed by atoms with Gasteiger partial charge in [0.05, 0.1) is 11.4 Å². The fraction of sp³-hybridized carbons (Fsp3) is 0. The average molecular weight is 677 g/mol. The number of nitrogens with zero attached hydrogens (tertiary/aromatic N) is 2. The Kier molecular flexibility index (Phi) is 7.47. The maximum Gasteiger partial charge on any atom is 0.161 e. The summed E-state index contributed by atoms with van der Waals surface area (Å²) in [6, 6.07) is 67.8. The van der Waals surface area contributed by atoms with E-state index in [-0.39, 0.29) is 0 Å². The van der Waals surface area contributed by atoms with Gasteiger partial charge in [-0.3, -0.25) is 0 Å². The summed E-state index contributed by atoms with van der Waals surface area (Å²) in [6.07, 6.45) is 0. The SMILES string of the molecule is c1ccc(-c2cc(-c3nc(-c4ccccc4)cc(-c4ccccc4)n3)c(-c3ccccc3)c(-c3cccc4c3Oc3cccc5cccc-4c35)c2)cc1. The number of benzene rings is 8.